The van der Waals surface area contributed by atoms with Crippen molar-refractivity contribution < 1.29 is 13.9 Å². The summed E-state index contributed by atoms with van der Waals surface area (Å²) >= 11 is 0. The number of halogens is 1. The van der Waals surface area contributed by atoms with Crippen LogP contribution in [0.15, 0.2) is 42.5 Å². The highest BCUT2D eigenvalue weighted by atomic mass is 19.1. The minimum absolute atomic E-state index is 0.139. The van der Waals surface area contributed by atoms with Gasteiger partial charge in [0, 0.05) is 16.9 Å². The van der Waals surface area contributed by atoms with Crippen LogP contribution in [-0.4, -0.2) is 5.97 Å². The number of rotatable bonds is 3. The van der Waals surface area contributed by atoms with Gasteiger partial charge in [0.25, 0.3) is 0 Å². The lowest BCUT2D eigenvalue weighted by molar-refractivity contribution is 0.0469. The monoisotopic (exact) mass is 260 g/mol. The zero-order chi connectivity index (χ0) is 13.8. The second kappa shape index (κ2) is 5.39. The molecule has 4 N–H and O–H groups in total. The Balaban J connectivity index is 2.08. The van der Waals surface area contributed by atoms with Crippen molar-refractivity contribution >= 4 is 17.3 Å². The summed E-state index contributed by atoms with van der Waals surface area (Å²) in [4.78, 5) is 11.8. The van der Waals surface area contributed by atoms with Gasteiger partial charge in [0.2, 0.25) is 0 Å². The number of carbonyl (C=O) groups excluding carboxylic acids is 1. The highest BCUT2D eigenvalue weighted by Crippen LogP contribution is 2.15. The van der Waals surface area contributed by atoms with Gasteiger partial charge in [-0.3, -0.25) is 0 Å². The molecule has 0 atom stereocenters. The first-order valence-electron chi connectivity index (χ1n) is 5.63. The van der Waals surface area contributed by atoms with E-state index in [2.05, 4.69) is 0 Å². The van der Waals surface area contributed by atoms with Crippen LogP contribution in [0.5, 0.6) is 0 Å². The maximum atomic E-state index is 13.3. The van der Waals surface area contributed by atoms with E-state index < -0.39 is 11.8 Å². The molecule has 98 valence electrons. The van der Waals surface area contributed by atoms with Gasteiger partial charge in [-0.15, -0.1) is 0 Å². The summed E-state index contributed by atoms with van der Waals surface area (Å²) in [5.41, 5.74) is 12.5. The number of anilines is 2. The van der Waals surface area contributed by atoms with Crippen molar-refractivity contribution in [2.45, 2.75) is 6.61 Å². The molecule has 4 nitrogen and oxygen atoms in total. The maximum Gasteiger partial charge on any atom is 0.338 e. The van der Waals surface area contributed by atoms with E-state index in [1.54, 1.807) is 18.2 Å². The first-order valence-corrected chi connectivity index (χ1v) is 5.63. The van der Waals surface area contributed by atoms with Crippen LogP contribution < -0.4 is 11.5 Å². The molecular weight excluding hydrogens is 247 g/mol. The molecule has 0 amide bonds. The van der Waals surface area contributed by atoms with Crippen LogP contribution in [0.25, 0.3) is 0 Å². The third-order valence-electron chi connectivity index (χ3n) is 2.53. The van der Waals surface area contributed by atoms with Crippen LogP contribution in [0.2, 0.25) is 0 Å². The van der Waals surface area contributed by atoms with Crippen LogP contribution in [0.4, 0.5) is 15.8 Å². The minimum Gasteiger partial charge on any atom is -0.457 e. The fourth-order valence-corrected chi connectivity index (χ4v) is 1.64. The molecule has 0 aliphatic carbocycles. The van der Waals surface area contributed by atoms with Crippen molar-refractivity contribution in [2.75, 3.05) is 11.5 Å². The van der Waals surface area contributed by atoms with E-state index in [0.717, 1.165) is 0 Å². The van der Waals surface area contributed by atoms with E-state index >= 15 is 0 Å². The van der Waals surface area contributed by atoms with Gasteiger partial charge < -0.3 is 16.2 Å². The lowest BCUT2D eigenvalue weighted by Gasteiger charge is -2.07. The Hall–Kier alpha value is -2.56. The third kappa shape index (κ3) is 3.22. The van der Waals surface area contributed by atoms with Crippen LogP contribution in [-0.2, 0) is 11.3 Å². The standard InChI is InChI=1S/C14H13FN2O2/c15-13-4-2-1-3-9(13)8-19-14(18)10-5-11(16)7-12(17)6-10/h1-7H,8,16-17H2. The zero-order valence-corrected chi connectivity index (χ0v) is 10.1. The van der Waals surface area contributed by atoms with Crippen molar-refractivity contribution in [1.82, 2.24) is 0 Å². The number of nitrogen functional groups attached to an aromatic ring is 2. The fourth-order valence-electron chi connectivity index (χ4n) is 1.64. The van der Waals surface area contributed by atoms with Gasteiger partial charge in [-0.2, -0.15) is 0 Å². The molecule has 0 radical (unpaired) electrons. The molecule has 0 aromatic heterocycles. The topological polar surface area (TPSA) is 78.3 Å². The highest BCUT2D eigenvalue weighted by molar-refractivity contribution is 5.91. The van der Waals surface area contributed by atoms with Gasteiger partial charge >= 0.3 is 5.97 Å². The van der Waals surface area contributed by atoms with E-state index in [1.165, 1.54) is 24.3 Å². The molecule has 0 fully saturated rings. The average molecular weight is 260 g/mol. The highest BCUT2D eigenvalue weighted by Gasteiger charge is 2.10. The quantitative estimate of drug-likeness (QED) is 0.656. The normalized spacial score (nSPS) is 10.2. The van der Waals surface area contributed by atoms with Gasteiger partial charge in [0.05, 0.1) is 5.56 Å². The second-order valence-corrected chi connectivity index (χ2v) is 4.06. The molecule has 0 saturated carbocycles. The summed E-state index contributed by atoms with van der Waals surface area (Å²) < 4.78 is 18.4. The van der Waals surface area contributed by atoms with Crippen LogP contribution in [0, 0.1) is 5.82 Å². The molecule has 0 aliphatic rings. The Labute approximate surface area is 109 Å². The number of benzene rings is 2. The van der Waals surface area contributed by atoms with Crippen LogP contribution in [0.3, 0.4) is 0 Å². The number of esters is 1. The van der Waals surface area contributed by atoms with Gasteiger partial charge in [-0.05, 0) is 24.3 Å². The lowest BCUT2D eigenvalue weighted by Crippen LogP contribution is -2.07. The second-order valence-electron chi connectivity index (χ2n) is 4.06. The fraction of sp³-hybridized carbons (Fsp3) is 0.0714. The van der Waals surface area contributed by atoms with Gasteiger partial charge in [-0.1, -0.05) is 18.2 Å². The smallest absolute Gasteiger partial charge is 0.338 e. The van der Waals surface area contributed by atoms with Crippen LogP contribution in [0.1, 0.15) is 15.9 Å². The summed E-state index contributed by atoms with van der Waals surface area (Å²) in [5.74, 6) is -1.01. The number of carbonyl (C=O) groups is 1. The summed E-state index contributed by atoms with van der Waals surface area (Å²) in [6.07, 6.45) is 0. The molecule has 0 aliphatic heterocycles. The predicted octanol–water partition coefficient (Wildman–Crippen LogP) is 2.35. The Morgan fingerprint density at radius 3 is 2.37 bits per heavy atom. The first kappa shape index (κ1) is 12.9. The maximum absolute atomic E-state index is 13.3. The molecule has 0 unspecified atom stereocenters. The molecule has 2 aromatic rings. The molecule has 0 saturated heterocycles. The van der Waals surface area contributed by atoms with E-state index in [9.17, 15) is 9.18 Å². The summed E-state index contributed by atoms with van der Waals surface area (Å²) in [6, 6.07) is 10.6. The zero-order valence-electron chi connectivity index (χ0n) is 10.1. The third-order valence-corrected chi connectivity index (χ3v) is 2.53. The summed E-state index contributed by atoms with van der Waals surface area (Å²) in [6.45, 7) is -0.139. The van der Waals surface area contributed by atoms with Crippen molar-refractivity contribution in [3.8, 4) is 0 Å². The largest absolute Gasteiger partial charge is 0.457 e. The number of nitrogens with two attached hydrogens (primary N) is 2. The van der Waals surface area contributed by atoms with E-state index in [1.807, 2.05) is 0 Å². The van der Waals surface area contributed by atoms with Crippen molar-refractivity contribution in [2.24, 2.45) is 0 Å². The van der Waals surface area contributed by atoms with Crippen molar-refractivity contribution in [3.05, 3.63) is 59.4 Å². The molecule has 0 spiro atoms. The van der Waals surface area contributed by atoms with Crippen LogP contribution >= 0.6 is 0 Å². The van der Waals surface area contributed by atoms with Gasteiger partial charge in [0.15, 0.2) is 0 Å². The van der Waals surface area contributed by atoms with Gasteiger partial charge in [-0.25, -0.2) is 9.18 Å². The lowest BCUT2D eigenvalue weighted by atomic mass is 10.2. The number of ether oxygens (including phenoxy) is 1. The van der Waals surface area contributed by atoms with Crippen molar-refractivity contribution in [1.29, 1.82) is 0 Å². The Kier molecular flexibility index (Phi) is 3.66. The van der Waals surface area contributed by atoms with E-state index in [-0.39, 0.29) is 12.2 Å². The molecule has 2 aromatic carbocycles. The molecule has 0 heterocycles. The molecular formula is C14H13FN2O2. The van der Waals surface area contributed by atoms with Gasteiger partial charge in [0.1, 0.15) is 12.4 Å². The Morgan fingerprint density at radius 1 is 1.11 bits per heavy atom. The molecule has 0 bridgehead atoms. The molecule has 2 rings (SSSR count). The minimum atomic E-state index is -0.595. The number of hydrogen-bond acceptors (Lipinski definition) is 4. The van der Waals surface area contributed by atoms with Crippen molar-refractivity contribution in [3.63, 3.8) is 0 Å². The average Bonchev–Trinajstić information content (AvgIpc) is 2.36. The first-order chi connectivity index (χ1) is 9.06. The Bertz CT molecular complexity index is 594. The SMILES string of the molecule is Nc1cc(N)cc(C(=O)OCc2ccccc2F)c1. The molecule has 5 heteroatoms. The molecule has 19 heavy (non-hydrogen) atoms. The summed E-state index contributed by atoms with van der Waals surface area (Å²) in [7, 11) is 0. The van der Waals surface area contributed by atoms with E-state index in [4.69, 9.17) is 16.2 Å². The Morgan fingerprint density at radius 2 is 1.74 bits per heavy atom. The predicted molar refractivity (Wildman–Crippen MR) is 70.8 cm³/mol. The van der Waals surface area contributed by atoms with E-state index in [0.29, 0.717) is 16.9 Å². The summed E-state index contributed by atoms with van der Waals surface area (Å²) in [5, 5.41) is 0. The number of hydrogen-bond donors (Lipinski definition) is 2.